The van der Waals surface area contributed by atoms with Gasteiger partial charge in [-0.25, -0.2) is 4.98 Å². The van der Waals surface area contributed by atoms with Crippen LogP contribution in [0.2, 0.25) is 0 Å². The Hall–Kier alpha value is -3.95. The van der Waals surface area contributed by atoms with Gasteiger partial charge in [0.15, 0.2) is 5.11 Å². The van der Waals surface area contributed by atoms with Gasteiger partial charge in [0.25, 0.3) is 5.69 Å². The number of nitro groups is 1. The van der Waals surface area contributed by atoms with Crippen molar-refractivity contribution in [2.75, 3.05) is 5.32 Å². The number of thiazole rings is 1. The van der Waals surface area contributed by atoms with Gasteiger partial charge in [-0.05, 0) is 54.5 Å². The molecule has 33 heavy (non-hydrogen) atoms. The number of nitrogens with zero attached hydrogens (tertiary/aromatic N) is 2. The number of fused-ring (bicyclic) bond motifs is 1. The van der Waals surface area contributed by atoms with Crippen LogP contribution in [0.4, 0.5) is 11.4 Å². The van der Waals surface area contributed by atoms with Crippen LogP contribution in [-0.4, -0.2) is 20.9 Å². The number of amides is 1. The van der Waals surface area contributed by atoms with Gasteiger partial charge in [-0.2, -0.15) is 0 Å². The van der Waals surface area contributed by atoms with Crippen molar-refractivity contribution >= 4 is 62.2 Å². The molecular weight excluding hydrogens is 456 g/mol. The van der Waals surface area contributed by atoms with Crippen molar-refractivity contribution in [1.29, 1.82) is 0 Å². The molecule has 0 aliphatic rings. The van der Waals surface area contributed by atoms with E-state index in [0.29, 0.717) is 5.56 Å². The summed E-state index contributed by atoms with van der Waals surface area (Å²) < 4.78 is 1.11. The second kappa shape index (κ2) is 9.68. The molecule has 0 fully saturated rings. The lowest BCUT2D eigenvalue weighted by atomic mass is 10.1. The number of carbonyl (C=O) groups excluding carboxylic acids is 1. The summed E-state index contributed by atoms with van der Waals surface area (Å²) in [4.78, 5) is 27.3. The molecule has 0 bridgehead atoms. The summed E-state index contributed by atoms with van der Waals surface area (Å²) in [7, 11) is 0. The lowest BCUT2D eigenvalue weighted by Gasteiger charge is -2.13. The molecule has 0 unspecified atom stereocenters. The lowest BCUT2D eigenvalue weighted by Crippen LogP contribution is -2.33. The molecule has 0 saturated carbocycles. The number of nitrogens with one attached hydrogen (secondary N) is 2. The third-order valence-corrected chi connectivity index (χ3v) is 6.13. The predicted octanol–water partition coefficient (Wildman–Crippen LogP) is 5.71. The largest absolute Gasteiger partial charge is 0.332 e. The molecule has 7 nitrogen and oxygen atoms in total. The molecule has 9 heteroatoms. The van der Waals surface area contributed by atoms with E-state index in [4.69, 9.17) is 17.2 Å². The Morgan fingerprint density at radius 1 is 1.12 bits per heavy atom. The zero-order valence-corrected chi connectivity index (χ0v) is 19.1. The van der Waals surface area contributed by atoms with Crippen molar-refractivity contribution in [2.24, 2.45) is 0 Å². The maximum Gasteiger partial charge on any atom is 0.270 e. The van der Waals surface area contributed by atoms with Crippen LogP contribution in [0.3, 0.4) is 0 Å². The minimum absolute atomic E-state index is 0.0433. The molecule has 0 saturated heterocycles. The van der Waals surface area contributed by atoms with Crippen LogP contribution >= 0.6 is 23.6 Å². The summed E-state index contributed by atoms with van der Waals surface area (Å²) in [6.07, 6.45) is 2.77. The summed E-state index contributed by atoms with van der Waals surface area (Å²) >= 11 is 6.91. The van der Waals surface area contributed by atoms with E-state index >= 15 is 0 Å². The van der Waals surface area contributed by atoms with Crippen molar-refractivity contribution in [1.82, 2.24) is 10.3 Å². The van der Waals surface area contributed by atoms with Gasteiger partial charge in [0.1, 0.15) is 5.01 Å². The highest BCUT2D eigenvalue weighted by Crippen LogP contribution is 2.34. The third kappa shape index (κ3) is 5.28. The number of benzene rings is 3. The Balaban J connectivity index is 1.44. The number of nitro benzene ring substituents is 1. The molecule has 0 aliphatic carbocycles. The van der Waals surface area contributed by atoms with E-state index < -0.39 is 10.8 Å². The minimum Gasteiger partial charge on any atom is -0.332 e. The van der Waals surface area contributed by atoms with Crippen LogP contribution < -0.4 is 10.6 Å². The molecule has 1 aromatic heterocycles. The van der Waals surface area contributed by atoms with Crippen molar-refractivity contribution in [3.63, 3.8) is 0 Å². The number of rotatable bonds is 5. The zero-order chi connectivity index (χ0) is 23.4. The monoisotopic (exact) mass is 474 g/mol. The average molecular weight is 475 g/mol. The topological polar surface area (TPSA) is 97.2 Å². The number of hydrogen-bond donors (Lipinski definition) is 2. The maximum absolute atomic E-state index is 12.2. The molecule has 4 aromatic rings. The van der Waals surface area contributed by atoms with Gasteiger partial charge >= 0.3 is 0 Å². The quantitative estimate of drug-likeness (QED) is 0.167. The molecule has 164 valence electrons. The van der Waals surface area contributed by atoms with E-state index in [1.54, 1.807) is 23.5 Å². The fourth-order valence-corrected chi connectivity index (χ4v) is 4.47. The number of hydrogen-bond acceptors (Lipinski definition) is 6. The molecule has 3 aromatic carbocycles. The van der Waals surface area contributed by atoms with Gasteiger partial charge in [0.2, 0.25) is 5.91 Å². The predicted molar refractivity (Wildman–Crippen MR) is 136 cm³/mol. The first-order valence-corrected chi connectivity index (χ1v) is 11.1. The number of aromatic nitrogens is 1. The maximum atomic E-state index is 12.2. The van der Waals surface area contributed by atoms with E-state index in [1.807, 2.05) is 49.4 Å². The van der Waals surface area contributed by atoms with Gasteiger partial charge in [0.05, 0.1) is 15.1 Å². The Morgan fingerprint density at radius 2 is 1.91 bits per heavy atom. The Kier molecular flexibility index (Phi) is 6.53. The van der Waals surface area contributed by atoms with Crippen LogP contribution in [0, 0.1) is 17.0 Å². The molecule has 4 rings (SSSR count). The molecule has 0 atom stereocenters. The molecule has 0 aliphatic heterocycles. The van der Waals surface area contributed by atoms with Crippen LogP contribution in [0.1, 0.15) is 11.1 Å². The minimum atomic E-state index is -0.485. The van der Waals surface area contributed by atoms with Gasteiger partial charge in [-0.3, -0.25) is 20.2 Å². The van der Waals surface area contributed by atoms with Crippen LogP contribution in [-0.2, 0) is 4.79 Å². The van der Waals surface area contributed by atoms with Crippen molar-refractivity contribution in [3.05, 3.63) is 94.0 Å². The van der Waals surface area contributed by atoms with Crippen molar-refractivity contribution in [3.8, 4) is 10.6 Å². The molecule has 0 radical (unpaired) electrons. The van der Waals surface area contributed by atoms with Crippen LogP contribution in [0.5, 0.6) is 0 Å². The highest BCUT2D eigenvalue weighted by Gasteiger charge is 2.12. The van der Waals surface area contributed by atoms with Gasteiger partial charge in [-0.15, -0.1) is 11.3 Å². The fraction of sp³-hybridized carbons (Fsp3) is 0.0417. The standard InChI is InChI=1S/C24H18N4O3S2/c1-15-18(23-25-20-9-2-3-11-21(20)33-23)8-5-10-19(15)26-24(32)27-22(29)13-12-16-6-4-7-17(14-16)28(30)31/h2-14H,1H3,(H2,26,27,29,32)/b13-12+. The summed E-state index contributed by atoms with van der Waals surface area (Å²) in [5.74, 6) is -0.445. The van der Waals surface area contributed by atoms with Crippen LogP contribution in [0.25, 0.3) is 26.9 Å². The van der Waals surface area contributed by atoms with Gasteiger partial charge in [0, 0.05) is 29.5 Å². The number of carbonyl (C=O) groups is 1. The number of non-ortho nitro benzene ring substituents is 1. The number of thiocarbonyl (C=S) groups is 1. The molecule has 2 N–H and O–H groups in total. The molecule has 0 spiro atoms. The third-order valence-electron chi connectivity index (χ3n) is 4.85. The van der Waals surface area contributed by atoms with Gasteiger partial charge in [-0.1, -0.05) is 36.4 Å². The normalized spacial score (nSPS) is 10.9. The molecule has 1 heterocycles. The smallest absolute Gasteiger partial charge is 0.270 e. The van der Waals surface area contributed by atoms with E-state index in [1.165, 1.54) is 24.3 Å². The summed E-state index contributed by atoms with van der Waals surface area (Å²) in [6.45, 7) is 1.97. The average Bonchev–Trinajstić information content (AvgIpc) is 3.23. The second-order valence-corrected chi connectivity index (χ2v) is 8.53. The fourth-order valence-electron chi connectivity index (χ4n) is 3.21. The van der Waals surface area contributed by atoms with Crippen molar-refractivity contribution < 1.29 is 9.72 Å². The highest BCUT2D eigenvalue weighted by atomic mass is 32.1. The van der Waals surface area contributed by atoms with Gasteiger partial charge < -0.3 is 5.32 Å². The number of anilines is 1. The molecule has 1 amide bonds. The van der Waals surface area contributed by atoms with Crippen LogP contribution in [0.15, 0.2) is 72.8 Å². The zero-order valence-electron chi connectivity index (χ0n) is 17.4. The Bertz CT molecular complexity index is 1380. The highest BCUT2D eigenvalue weighted by molar-refractivity contribution is 7.80. The van der Waals surface area contributed by atoms with Crippen molar-refractivity contribution in [2.45, 2.75) is 6.92 Å². The first-order valence-electron chi connectivity index (χ1n) is 9.91. The Morgan fingerprint density at radius 3 is 2.70 bits per heavy atom. The Labute approximate surface area is 198 Å². The van der Waals surface area contributed by atoms with E-state index in [2.05, 4.69) is 10.6 Å². The summed E-state index contributed by atoms with van der Waals surface area (Å²) in [5, 5.41) is 17.6. The first-order chi connectivity index (χ1) is 15.9. The SMILES string of the molecule is Cc1c(NC(=S)NC(=O)/C=C/c2cccc([N+](=O)[O-])c2)cccc1-c1nc2ccccc2s1. The second-order valence-electron chi connectivity index (χ2n) is 7.09. The summed E-state index contributed by atoms with van der Waals surface area (Å²) in [6, 6.07) is 19.8. The van der Waals surface area contributed by atoms with E-state index in [-0.39, 0.29) is 10.8 Å². The van der Waals surface area contributed by atoms with E-state index in [0.717, 1.165) is 32.0 Å². The lowest BCUT2D eigenvalue weighted by molar-refractivity contribution is -0.384. The van der Waals surface area contributed by atoms with E-state index in [9.17, 15) is 14.9 Å². The summed E-state index contributed by atoms with van der Waals surface area (Å²) in [5.41, 5.74) is 4.16. The first kappa shape index (κ1) is 22.3. The number of para-hydroxylation sites is 1. The molecular formula is C24H18N4O3S2.